The van der Waals surface area contributed by atoms with E-state index in [1.807, 2.05) is 16.8 Å². The van der Waals surface area contributed by atoms with Crippen molar-refractivity contribution in [2.75, 3.05) is 6.54 Å². The predicted molar refractivity (Wildman–Crippen MR) is 68.0 cm³/mol. The summed E-state index contributed by atoms with van der Waals surface area (Å²) in [7, 11) is 0. The Morgan fingerprint density at radius 3 is 2.95 bits per heavy atom. The number of thiophene rings is 1. The minimum Gasteiger partial charge on any atom is -0.476 e. The Kier molecular flexibility index (Phi) is 4.24. The topological polar surface area (TPSA) is 97.1 Å². The molecule has 2 N–H and O–H groups in total. The van der Waals surface area contributed by atoms with Gasteiger partial charge in [0.25, 0.3) is 0 Å². The number of nitrogens with zero attached hydrogens (tertiary/aromatic N) is 3. The van der Waals surface area contributed by atoms with Gasteiger partial charge in [0.05, 0.1) is 6.20 Å². The van der Waals surface area contributed by atoms with Crippen molar-refractivity contribution >= 4 is 23.2 Å². The first kappa shape index (κ1) is 13.2. The van der Waals surface area contributed by atoms with Crippen LogP contribution in [-0.4, -0.2) is 38.5 Å². The van der Waals surface area contributed by atoms with E-state index in [9.17, 15) is 9.59 Å². The summed E-state index contributed by atoms with van der Waals surface area (Å²) < 4.78 is 1.20. The van der Waals surface area contributed by atoms with Crippen LogP contribution in [0, 0.1) is 0 Å². The molecule has 1 amide bonds. The number of carbonyl (C=O) groups is 2. The molecular weight excluding hydrogens is 268 g/mol. The van der Waals surface area contributed by atoms with Crippen LogP contribution in [0.1, 0.15) is 16.1 Å². The molecule has 0 fully saturated rings. The molecular formula is C11H12N4O3S. The standard InChI is InChI=1S/C11H12N4O3S/c16-10(12-3-1-8-2-4-19-7-8)6-15-5-9(11(17)18)13-14-15/h2,4-5,7H,1,3,6H2,(H,12,16)(H,17,18). The van der Waals surface area contributed by atoms with Gasteiger partial charge in [-0.15, -0.1) is 5.10 Å². The number of rotatable bonds is 6. The number of hydrogen-bond donors (Lipinski definition) is 2. The first-order valence-electron chi connectivity index (χ1n) is 5.56. The first-order chi connectivity index (χ1) is 9.15. The maximum atomic E-state index is 11.6. The summed E-state index contributed by atoms with van der Waals surface area (Å²) >= 11 is 1.62. The number of carboxylic acids is 1. The highest BCUT2D eigenvalue weighted by Gasteiger charge is 2.10. The molecule has 0 unspecified atom stereocenters. The number of carboxylic acid groups (broad SMARTS) is 1. The molecule has 0 aliphatic carbocycles. The lowest BCUT2D eigenvalue weighted by Crippen LogP contribution is -2.29. The summed E-state index contributed by atoms with van der Waals surface area (Å²) in [6.07, 6.45) is 1.99. The summed E-state index contributed by atoms with van der Waals surface area (Å²) in [5.41, 5.74) is 1.00. The fourth-order valence-corrected chi connectivity index (χ4v) is 2.16. The Labute approximate surface area is 112 Å². The Balaban J connectivity index is 1.75. The second-order valence-corrected chi connectivity index (χ2v) is 4.62. The summed E-state index contributed by atoms with van der Waals surface area (Å²) in [5, 5.41) is 22.4. The van der Waals surface area contributed by atoms with Crippen LogP contribution in [0.5, 0.6) is 0 Å². The molecule has 0 aliphatic rings. The normalized spacial score (nSPS) is 10.3. The van der Waals surface area contributed by atoms with Crippen LogP contribution in [-0.2, 0) is 17.8 Å². The lowest BCUT2D eigenvalue weighted by molar-refractivity contribution is -0.121. The van der Waals surface area contributed by atoms with Crippen molar-refractivity contribution < 1.29 is 14.7 Å². The number of aromatic carboxylic acids is 1. The molecule has 0 aliphatic heterocycles. The minimum atomic E-state index is -1.16. The van der Waals surface area contributed by atoms with E-state index in [1.54, 1.807) is 11.3 Å². The number of amides is 1. The Bertz CT molecular complexity index is 564. The van der Waals surface area contributed by atoms with Crippen LogP contribution in [0.25, 0.3) is 0 Å². The second-order valence-electron chi connectivity index (χ2n) is 3.84. The monoisotopic (exact) mass is 280 g/mol. The molecule has 7 nitrogen and oxygen atoms in total. The third-order valence-electron chi connectivity index (χ3n) is 2.38. The van der Waals surface area contributed by atoms with E-state index in [1.165, 1.54) is 16.4 Å². The van der Waals surface area contributed by atoms with E-state index in [-0.39, 0.29) is 18.1 Å². The van der Waals surface area contributed by atoms with Crippen LogP contribution in [0.3, 0.4) is 0 Å². The smallest absolute Gasteiger partial charge is 0.358 e. The van der Waals surface area contributed by atoms with Crippen LogP contribution >= 0.6 is 11.3 Å². The van der Waals surface area contributed by atoms with Crippen LogP contribution in [0.15, 0.2) is 23.0 Å². The van der Waals surface area contributed by atoms with Gasteiger partial charge >= 0.3 is 5.97 Å². The van der Waals surface area contributed by atoms with E-state index in [0.29, 0.717) is 6.54 Å². The van der Waals surface area contributed by atoms with Crippen molar-refractivity contribution in [3.63, 3.8) is 0 Å². The zero-order valence-electron chi connectivity index (χ0n) is 9.94. The van der Waals surface area contributed by atoms with E-state index < -0.39 is 5.97 Å². The molecule has 0 spiro atoms. The second kappa shape index (κ2) is 6.10. The van der Waals surface area contributed by atoms with Gasteiger partial charge in [0.15, 0.2) is 5.69 Å². The van der Waals surface area contributed by atoms with Crippen LogP contribution in [0.4, 0.5) is 0 Å². The van der Waals surface area contributed by atoms with Crippen molar-refractivity contribution in [1.29, 1.82) is 0 Å². The van der Waals surface area contributed by atoms with Crippen molar-refractivity contribution in [3.05, 3.63) is 34.3 Å². The molecule has 0 bridgehead atoms. The molecule has 0 atom stereocenters. The first-order valence-corrected chi connectivity index (χ1v) is 6.50. The lowest BCUT2D eigenvalue weighted by Gasteiger charge is -2.03. The largest absolute Gasteiger partial charge is 0.476 e. The van der Waals surface area contributed by atoms with Crippen molar-refractivity contribution in [2.45, 2.75) is 13.0 Å². The Morgan fingerprint density at radius 2 is 2.32 bits per heavy atom. The zero-order valence-corrected chi connectivity index (χ0v) is 10.8. The minimum absolute atomic E-state index is 0.0378. The van der Waals surface area contributed by atoms with Gasteiger partial charge < -0.3 is 10.4 Å². The van der Waals surface area contributed by atoms with Crippen molar-refractivity contribution in [2.24, 2.45) is 0 Å². The molecule has 2 aromatic heterocycles. The third kappa shape index (κ3) is 3.88. The van der Waals surface area contributed by atoms with E-state index in [0.717, 1.165) is 6.42 Å². The highest BCUT2D eigenvalue weighted by Crippen LogP contribution is 2.05. The molecule has 2 aromatic rings. The predicted octanol–water partition coefficient (Wildman–Crippen LogP) is 0.397. The number of nitrogens with one attached hydrogen (secondary N) is 1. The van der Waals surface area contributed by atoms with Crippen molar-refractivity contribution in [1.82, 2.24) is 20.3 Å². The quantitative estimate of drug-likeness (QED) is 0.798. The summed E-state index contributed by atoms with van der Waals surface area (Å²) in [5.74, 6) is -1.39. The summed E-state index contributed by atoms with van der Waals surface area (Å²) in [6, 6.07) is 2.01. The van der Waals surface area contributed by atoms with Gasteiger partial charge in [-0.1, -0.05) is 5.21 Å². The zero-order chi connectivity index (χ0) is 13.7. The molecule has 0 saturated heterocycles. The van der Waals surface area contributed by atoms with Gasteiger partial charge in [0, 0.05) is 6.54 Å². The number of hydrogen-bond acceptors (Lipinski definition) is 5. The fraction of sp³-hybridized carbons (Fsp3) is 0.273. The number of carbonyl (C=O) groups excluding carboxylic acids is 1. The third-order valence-corrected chi connectivity index (χ3v) is 3.11. The maximum absolute atomic E-state index is 11.6. The molecule has 100 valence electrons. The molecule has 0 radical (unpaired) electrons. The summed E-state index contributed by atoms with van der Waals surface area (Å²) in [6.45, 7) is 0.500. The van der Waals surface area contributed by atoms with Gasteiger partial charge in [-0.2, -0.15) is 11.3 Å². The van der Waals surface area contributed by atoms with Gasteiger partial charge in [-0.05, 0) is 28.8 Å². The van der Waals surface area contributed by atoms with E-state index in [4.69, 9.17) is 5.11 Å². The lowest BCUT2D eigenvalue weighted by atomic mass is 10.2. The average molecular weight is 280 g/mol. The average Bonchev–Trinajstić information content (AvgIpc) is 3.00. The van der Waals surface area contributed by atoms with Crippen LogP contribution in [0.2, 0.25) is 0 Å². The van der Waals surface area contributed by atoms with E-state index >= 15 is 0 Å². The van der Waals surface area contributed by atoms with Gasteiger partial charge in [-0.3, -0.25) is 4.79 Å². The highest BCUT2D eigenvalue weighted by atomic mass is 32.1. The fourth-order valence-electron chi connectivity index (χ4n) is 1.46. The van der Waals surface area contributed by atoms with Gasteiger partial charge in [0.1, 0.15) is 6.54 Å². The number of aromatic nitrogens is 3. The van der Waals surface area contributed by atoms with Crippen LogP contribution < -0.4 is 5.32 Å². The molecule has 0 saturated carbocycles. The maximum Gasteiger partial charge on any atom is 0.358 e. The molecule has 0 aromatic carbocycles. The molecule has 19 heavy (non-hydrogen) atoms. The molecule has 2 rings (SSSR count). The Morgan fingerprint density at radius 1 is 1.47 bits per heavy atom. The molecule has 8 heteroatoms. The SMILES string of the molecule is O=C(Cn1cc(C(=O)O)nn1)NCCc1ccsc1. The Hall–Kier alpha value is -2.22. The van der Waals surface area contributed by atoms with Crippen molar-refractivity contribution in [3.8, 4) is 0 Å². The van der Waals surface area contributed by atoms with Gasteiger partial charge in [0.2, 0.25) is 5.91 Å². The van der Waals surface area contributed by atoms with E-state index in [2.05, 4.69) is 15.6 Å². The van der Waals surface area contributed by atoms with Gasteiger partial charge in [-0.25, -0.2) is 9.48 Å². The summed E-state index contributed by atoms with van der Waals surface area (Å²) in [4.78, 5) is 22.2. The molecule has 2 heterocycles. The highest BCUT2D eigenvalue weighted by molar-refractivity contribution is 7.07.